The van der Waals surface area contributed by atoms with Crippen molar-refractivity contribution >= 4 is 0 Å². The van der Waals surface area contributed by atoms with Gasteiger partial charge >= 0.3 is 0 Å². The number of nitrogens with zero attached hydrogens (tertiary/aromatic N) is 3. The smallest absolute Gasteiger partial charge is 0.254 e. The van der Waals surface area contributed by atoms with Crippen LogP contribution in [0.4, 0.5) is 0 Å². The van der Waals surface area contributed by atoms with E-state index in [1.54, 1.807) is 7.11 Å². The molecule has 174 valence electrons. The Balaban J connectivity index is 1.36. The minimum atomic E-state index is 0.0284. The van der Waals surface area contributed by atoms with Crippen molar-refractivity contribution in [3.8, 4) is 39.9 Å². The van der Waals surface area contributed by atoms with Crippen LogP contribution < -0.4 is 10.5 Å². The molecule has 0 amide bonds. The molecule has 7 nitrogen and oxygen atoms in total. The molecule has 1 atom stereocenters. The molecule has 2 aromatic carbocycles. The number of aromatic nitrogens is 3. The average Bonchev–Trinajstić information content (AvgIpc) is 3.81. The normalized spacial score (nSPS) is 16.5. The Labute approximate surface area is 198 Å². The van der Waals surface area contributed by atoms with Gasteiger partial charge in [-0.15, -0.1) is 10.2 Å². The molecule has 2 aromatic heterocycles. The van der Waals surface area contributed by atoms with Crippen LogP contribution in [-0.4, -0.2) is 22.5 Å². The van der Waals surface area contributed by atoms with Crippen LogP contribution in [0.15, 0.2) is 57.5 Å². The Hall–Kier alpha value is -3.45. The standard InChI is InChI=1S/C27H28N4O3/c1-32-22-15-19(24(28)17-10-11-17)12-13-20(22)26-29-30-27(33-26)23-21(14-9-16-7-8-16)34-31-25(23)18-5-3-2-4-6-18/h2-6,12-13,15-17,24H,7-11,14,28H2,1H3. The quantitative estimate of drug-likeness (QED) is 0.339. The van der Waals surface area contributed by atoms with E-state index in [9.17, 15) is 0 Å². The van der Waals surface area contributed by atoms with Crippen LogP contribution >= 0.6 is 0 Å². The van der Waals surface area contributed by atoms with Crippen molar-refractivity contribution in [2.75, 3.05) is 7.11 Å². The first-order chi connectivity index (χ1) is 16.7. The lowest BCUT2D eigenvalue weighted by atomic mass is 10.0. The summed E-state index contributed by atoms with van der Waals surface area (Å²) in [4.78, 5) is 0. The van der Waals surface area contributed by atoms with Crippen molar-refractivity contribution in [2.45, 2.75) is 44.6 Å². The van der Waals surface area contributed by atoms with Crippen molar-refractivity contribution in [3.05, 3.63) is 59.9 Å². The summed E-state index contributed by atoms with van der Waals surface area (Å²) >= 11 is 0. The molecule has 2 fully saturated rings. The van der Waals surface area contributed by atoms with Crippen LogP contribution in [0.5, 0.6) is 5.75 Å². The lowest BCUT2D eigenvalue weighted by Crippen LogP contribution is -2.12. The molecule has 2 aliphatic carbocycles. The fourth-order valence-electron chi connectivity index (χ4n) is 4.50. The van der Waals surface area contributed by atoms with Crippen LogP contribution in [0.1, 0.15) is 49.5 Å². The van der Waals surface area contributed by atoms with Gasteiger partial charge in [0.25, 0.3) is 11.8 Å². The second kappa shape index (κ2) is 8.72. The largest absolute Gasteiger partial charge is 0.496 e. The monoisotopic (exact) mass is 456 g/mol. The summed E-state index contributed by atoms with van der Waals surface area (Å²) in [7, 11) is 1.64. The molecule has 7 heteroatoms. The fourth-order valence-corrected chi connectivity index (χ4v) is 4.50. The van der Waals surface area contributed by atoms with Gasteiger partial charge in [-0.25, -0.2) is 0 Å². The molecule has 34 heavy (non-hydrogen) atoms. The molecule has 2 N–H and O–H groups in total. The first-order valence-corrected chi connectivity index (χ1v) is 12.0. The number of rotatable bonds is 9. The molecule has 2 heterocycles. The van der Waals surface area contributed by atoms with Crippen LogP contribution in [0.2, 0.25) is 0 Å². The van der Waals surface area contributed by atoms with E-state index in [2.05, 4.69) is 15.4 Å². The molecule has 0 bridgehead atoms. The number of aryl methyl sites for hydroxylation is 1. The van der Waals surface area contributed by atoms with Gasteiger partial charge in [-0.1, -0.05) is 54.4 Å². The molecule has 0 spiro atoms. The molecule has 4 aromatic rings. The Morgan fingerprint density at radius 1 is 1.03 bits per heavy atom. The third-order valence-corrected chi connectivity index (χ3v) is 6.90. The molecule has 0 saturated heterocycles. The lowest BCUT2D eigenvalue weighted by molar-refractivity contribution is 0.380. The number of nitrogens with two attached hydrogens (primary N) is 1. The number of methoxy groups -OCH3 is 1. The molecular formula is C27H28N4O3. The maximum absolute atomic E-state index is 6.40. The van der Waals surface area contributed by atoms with E-state index in [-0.39, 0.29) is 6.04 Å². The van der Waals surface area contributed by atoms with E-state index < -0.39 is 0 Å². The second-order valence-corrected chi connectivity index (χ2v) is 9.41. The van der Waals surface area contributed by atoms with Gasteiger partial charge in [-0.2, -0.15) is 0 Å². The summed E-state index contributed by atoms with van der Waals surface area (Å²) < 4.78 is 17.7. The predicted octanol–water partition coefficient (Wildman–Crippen LogP) is 5.82. The van der Waals surface area contributed by atoms with Crippen LogP contribution in [-0.2, 0) is 6.42 Å². The van der Waals surface area contributed by atoms with Crippen LogP contribution in [0.25, 0.3) is 34.2 Å². The van der Waals surface area contributed by atoms with E-state index in [0.29, 0.717) is 23.4 Å². The zero-order valence-corrected chi connectivity index (χ0v) is 19.2. The first kappa shape index (κ1) is 21.1. The Kier molecular flexibility index (Phi) is 5.41. The highest BCUT2D eigenvalue weighted by molar-refractivity contribution is 5.78. The summed E-state index contributed by atoms with van der Waals surface area (Å²) in [6, 6.07) is 16.0. The summed E-state index contributed by atoms with van der Waals surface area (Å²) in [5.41, 5.74) is 10.7. The summed E-state index contributed by atoms with van der Waals surface area (Å²) in [5.74, 6) is 3.60. The Morgan fingerprint density at radius 3 is 2.56 bits per heavy atom. The van der Waals surface area contributed by atoms with Gasteiger partial charge in [0.15, 0.2) is 0 Å². The molecule has 0 aliphatic heterocycles. The maximum atomic E-state index is 6.40. The zero-order chi connectivity index (χ0) is 23.1. The molecule has 1 unspecified atom stereocenters. The van der Waals surface area contributed by atoms with Crippen molar-refractivity contribution in [1.82, 2.24) is 15.4 Å². The third kappa shape index (κ3) is 4.12. The highest BCUT2D eigenvalue weighted by Crippen LogP contribution is 2.42. The summed E-state index contributed by atoms with van der Waals surface area (Å²) in [5, 5.41) is 13.1. The first-order valence-electron chi connectivity index (χ1n) is 12.0. The summed E-state index contributed by atoms with van der Waals surface area (Å²) in [6.07, 6.45) is 6.83. The molecule has 0 radical (unpaired) electrons. The zero-order valence-electron chi connectivity index (χ0n) is 19.2. The van der Waals surface area contributed by atoms with Gasteiger partial charge in [0.05, 0.1) is 12.7 Å². The lowest BCUT2D eigenvalue weighted by Gasteiger charge is -2.13. The molecular weight excluding hydrogens is 428 g/mol. The third-order valence-electron chi connectivity index (χ3n) is 6.90. The van der Waals surface area contributed by atoms with E-state index in [0.717, 1.165) is 52.5 Å². The number of ether oxygens (including phenoxy) is 1. The summed E-state index contributed by atoms with van der Waals surface area (Å²) in [6.45, 7) is 0. The number of benzene rings is 2. The van der Waals surface area contributed by atoms with Gasteiger partial charge in [0.1, 0.15) is 22.8 Å². The number of hydrogen-bond acceptors (Lipinski definition) is 7. The molecule has 2 aliphatic rings. The van der Waals surface area contributed by atoms with Crippen molar-refractivity contribution in [3.63, 3.8) is 0 Å². The Bertz CT molecular complexity index is 1290. The van der Waals surface area contributed by atoms with E-state index >= 15 is 0 Å². The molecule has 6 rings (SSSR count). The molecule has 2 saturated carbocycles. The van der Waals surface area contributed by atoms with E-state index in [1.807, 2.05) is 48.5 Å². The average molecular weight is 457 g/mol. The van der Waals surface area contributed by atoms with E-state index in [4.69, 9.17) is 19.4 Å². The maximum Gasteiger partial charge on any atom is 0.254 e. The highest BCUT2D eigenvalue weighted by atomic mass is 16.5. The van der Waals surface area contributed by atoms with Gasteiger partial charge in [0, 0.05) is 18.0 Å². The van der Waals surface area contributed by atoms with Gasteiger partial charge in [0.2, 0.25) is 0 Å². The SMILES string of the molecule is COc1cc(C(N)C2CC2)ccc1-c1nnc(-c2c(-c3ccccc3)noc2CCC2CC2)o1. The minimum Gasteiger partial charge on any atom is -0.496 e. The van der Waals surface area contributed by atoms with Crippen LogP contribution in [0, 0.1) is 11.8 Å². The topological polar surface area (TPSA) is 100 Å². The highest BCUT2D eigenvalue weighted by Gasteiger charge is 2.31. The van der Waals surface area contributed by atoms with Crippen molar-refractivity contribution in [2.24, 2.45) is 17.6 Å². The van der Waals surface area contributed by atoms with Crippen LogP contribution in [0.3, 0.4) is 0 Å². The van der Waals surface area contributed by atoms with Gasteiger partial charge < -0.3 is 19.4 Å². The van der Waals surface area contributed by atoms with Gasteiger partial charge in [-0.3, -0.25) is 0 Å². The predicted molar refractivity (Wildman–Crippen MR) is 128 cm³/mol. The van der Waals surface area contributed by atoms with Crippen molar-refractivity contribution in [1.29, 1.82) is 0 Å². The van der Waals surface area contributed by atoms with Crippen molar-refractivity contribution < 1.29 is 13.7 Å². The minimum absolute atomic E-state index is 0.0284. The number of hydrogen-bond donors (Lipinski definition) is 1. The van der Waals surface area contributed by atoms with Gasteiger partial charge in [-0.05, 0) is 48.8 Å². The second-order valence-electron chi connectivity index (χ2n) is 9.41. The Morgan fingerprint density at radius 2 is 1.82 bits per heavy atom. The fraction of sp³-hybridized carbons (Fsp3) is 0.370. The van der Waals surface area contributed by atoms with E-state index in [1.165, 1.54) is 25.7 Å².